The van der Waals surface area contributed by atoms with Gasteiger partial charge in [-0.1, -0.05) is 29.8 Å². The molecule has 0 atom stereocenters. The van der Waals surface area contributed by atoms with Crippen molar-refractivity contribution in [3.63, 3.8) is 0 Å². The lowest BCUT2D eigenvalue weighted by molar-refractivity contribution is -0.137. The second kappa shape index (κ2) is 6.41. The van der Waals surface area contributed by atoms with Gasteiger partial charge in [0.05, 0.1) is 10.6 Å². The molecule has 4 rings (SSSR count). The summed E-state index contributed by atoms with van der Waals surface area (Å²) in [4.78, 5) is 0. The third-order valence-electron chi connectivity index (χ3n) is 4.72. The Labute approximate surface area is 163 Å². The molecular weight excluding hydrogens is 393 g/mol. The van der Waals surface area contributed by atoms with Crippen LogP contribution in [-0.4, -0.2) is 14.8 Å². The summed E-state index contributed by atoms with van der Waals surface area (Å²) in [5.74, 6) is 1.02. The molecule has 28 heavy (non-hydrogen) atoms. The molecule has 0 radical (unpaired) electrons. The molecule has 146 valence electrons. The fourth-order valence-corrected chi connectivity index (χ4v) is 3.41. The maximum atomic E-state index is 13.4. The third kappa shape index (κ3) is 3.17. The van der Waals surface area contributed by atoms with Crippen LogP contribution in [0.25, 0.3) is 11.4 Å². The molecule has 2 N–H and O–H groups in total. The van der Waals surface area contributed by atoms with Gasteiger partial charge < -0.3 is 15.0 Å². The van der Waals surface area contributed by atoms with Crippen LogP contribution in [-0.2, 0) is 18.8 Å². The molecule has 1 aliphatic rings. The molecule has 0 aliphatic heterocycles. The molecule has 0 unspecified atom stereocenters. The molecule has 2 aromatic carbocycles. The van der Waals surface area contributed by atoms with Gasteiger partial charge in [-0.2, -0.15) is 13.2 Å². The van der Waals surface area contributed by atoms with Gasteiger partial charge in [-0.3, -0.25) is 0 Å². The van der Waals surface area contributed by atoms with E-state index in [2.05, 4.69) is 10.2 Å². The largest absolute Gasteiger partial charge is 0.478 e. The zero-order valence-electron chi connectivity index (χ0n) is 14.8. The van der Waals surface area contributed by atoms with E-state index in [1.807, 2.05) is 0 Å². The second-order valence-corrected chi connectivity index (χ2v) is 7.14. The summed E-state index contributed by atoms with van der Waals surface area (Å²) < 4.78 is 47.8. The summed E-state index contributed by atoms with van der Waals surface area (Å²) in [6, 6.07) is 10.2. The molecule has 0 saturated heterocycles. The Morgan fingerprint density at radius 1 is 1.14 bits per heavy atom. The van der Waals surface area contributed by atoms with Gasteiger partial charge in [0.15, 0.2) is 17.2 Å². The summed E-state index contributed by atoms with van der Waals surface area (Å²) in [5.41, 5.74) is 4.65. The Kier molecular flexibility index (Phi) is 4.26. The number of halogens is 4. The molecule has 1 saturated carbocycles. The SMILES string of the molecule is Cn1c(-c2ccccc2C(F)(F)F)nnc1C1(Oc2ccc(N)cc2Cl)CC1. The molecule has 1 heterocycles. The van der Waals surface area contributed by atoms with Gasteiger partial charge in [0.25, 0.3) is 0 Å². The maximum absolute atomic E-state index is 13.4. The quantitative estimate of drug-likeness (QED) is 0.629. The molecule has 0 amide bonds. The third-order valence-corrected chi connectivity index (χ3v) is 5.02. The minimum absolute atomic E-state index is 0.0300. The van der Waals surface area contributed by atoms with Crippen LogP contribution in [0.2, 0.25) is 5.02 Å². The van der Waals surface area contributed by atoms with Crippen molar-refractivity contribution in [2.45, 2.75) is 24.6 Å². The smallest absolute Gasteiger partial charge is 0.417 e. The lowest BCUT2D eigenvalue weighted by atomic mass is 10.1. The van der Waals surface area contributed by atoms with Gasteiger partial charge in [0, 0.05) is 18.3 Å². The lowest BCUT2D eigenvalue weighted by Gasteiger charge is -2.19. The maximum Gasteiger partial charge on any atom is 0.417 e. The van der Waals surface area contributed by atoms with E-state index >= 15 is 0 Å². The number of anilines is 1. The first-order valence-corrected chi connectivity index (χ1v) is 8.89. The van der Waals surface area contributed by atoms with E-state index in [-0.39, 0.29) is 11.4 Å². The number of ether oxygens (including phenoxy) is 1. The second-order valence-electron chi connectivity index (χ2n) is 6.74. The van der Waals surface area contributed by atoms with Crippen LogP contribution in [0.15, 0.2) is 42.5 Å². The van der Waals surface area contributed by atoms with Crippen LogP contribution in [0.5, 0.6) is 5.75 Å². The first kappa shape index (κ1) is 18.6. The van der Waals surface area contributed by atoms with E-state index in [1.54, 1.807) is 29.8 Å². The highest BCUT2D eigenvalue weighted by atomic mass is 35.5. The number of benzene rings is 2. The van der Waals surface area contributed by atoms with Crippen LogP contribution < -0.4 is 10.5 Å². The predicted molar refractivity (Wildman–Crippen MR) is 98.8 cm³/mol. The zero-order chi connectivity index (χ0) is 20.1. The van der Waals surface area contributed by atoms with Crippen LogP contribution in [0.1, 0.15) is 24.2 Å². The van der Waals surface area contributed by atoms with E-state index in [4.69, 9.17) is 22.1 Å². The molecule has 0 bridgehead atoms. The fraction of sp³-hybridized carbons (Fsp3) is 0.263. The van der Waals surface area contributed by atoms with Crippen molar-refractivity contribution in [1.82, 2.24) is 14.8 Å². The fourth-order valence-electron chi connectivity index (χ4n) is 3.18. The van der Waals surface area contributed by atoms with Gasteiger partial charge in [0.2, 0.25) is 0 Å². The average molecular weight is 409 g/mol. The lowest BCUT2D eigenvalue weighted by Crippen LogP contribution is -2.21. The summed E-state index contributed by atoms with van der Waals surface area (Å²) in [6.07, 6.45) is -3.19. The van der Waals surface area contributed by atoms with Gasteiger partial charge in [0.1, 0.15) is 5.75 Å². The summed E-state index contributed by atoms with van der Waals surface area (Å²) >= 11 is 6.19. The average Bonchev–Trinajstić information content (AvgIpc) is 3.30. The van der Waals surface area contributed by atoms with Crippen LogP contribution in [0.3, 0.4) is 0 Å². The van der Waals surface area contributed by atoms with Gasteiger partial charge >= 0.3 is 6.18 Å². The molecule has 3 aromatic rings. The first-order chi connectivity index (χ1) is 13.2. The molecule has 1 aliphatic carbocycles. The number of hydrogen-bond acceptors (Lipinski definition) is 4. The van der Waals surface area contributed by atoms with E-state index in [0.29, 0.717) is 35.1 Å². The van der Waals surface area contributed by atoms with Crippen LogP contribution in [0, 0.1) is 0 Å². The number of alkyl halides is 3. The number of hydrogen-bond donors (Lipinski definition) is 1. The summed E-state index contributed by atoms with van der Waals surface area (Å²) in [6.45, 7) is 0. The molecule has 0 spiro atoms. The molecule has 1 fully saturated rings. The molecular formula is C19H16ClF3N4O. The van der Waals surface area contributed by atoms with Gasteiger partial charge in [-0.05, 0) is 37.1 Å². The number of aromatic nitrogens is 3. The number of nitrogens with zero attached hydrogens (tertiary/aromatic N) is 3. The molecule has 9 heteroatoms. The van der Waals surface area contributed by atoms with Crippen molar-refractivity contribution in [2.24, 2.45) is 7.05 Å². The minimum Gasteiger partial charge on any atom is -0.478 e. The number of nitrogens with two attached hydrogens (primary N) is 1. The van der Waals surface area contributed by atoms with E-state index in [0.717, 1.165) is 6.07 Å². The summed E-state index contributed by atoms with van der Waals surface area (Å²) in [7, 11) is 1.63. The number of nitrogen functional groups attached to an aromatic ring is 1. The topological polar surface area (TPSA) is 66.0 Å². The minimum atomic E-state index is -4.49. The van der Waals surface area contributed by atoms with E-state index in [1.165, 1.54) is 18.2 Å². The Balaban J connectivity index is 1.72. The van der Waals surface area contributed by atoms with Crippen molar-refractivity contribution in [3.8, 4) is 17.1 Å². The highest BCUT2D eigenvalue weighted by Crippen LogP contribution is 2.50. The van der Waals surface area contributed by atoms with Crippen LogP contribution in [0.4, 0.5) is 18.9 Å². The van der Waals surface area contributed by atoms with E-state index in [9.17, 15) is 13.2 Å². The number of rotatable bonds is 4. The Morgan fingerprint density at radius 3 is 2.50 bits per heavy atom. The van der Waals surface area contributed by atoms with Crippen molar-refractivity contribution >= 4 is 17.3 Å². The van der Waals surface area contributed by atoms with Crippen LogP contribution >= 0.6 is 11.6 Å². The van der Waals surface area contributed by atoms with E-state index < -0.39 is 17.3 Å². The Morgan fingerprint density at radius 2 is 1.86 bits per heavy atom. The molecule has 5 nitrogen and oxygen atoms in total. The van der Waals surface area contributed by atoms with Crippen molar-refractivity contribution < 1.29 is 17.9 Å². The highest BCUT2D eigenvalue weighted by Gasteiger charge is 2.52. The van der Waals surface area contributed by atoms with Crippen molar-refractivity contribution in [1.29, 1.82) is 0 Å². The standard InChI is InChI=1S/C19H16ClF3N4O/c1-27-16(12-4-2-3-5-13(12)19(21,22)23)25-26-17(27)18(8-9-18)28-15-7-6-11(24)10-14(15)20/h2-7,10H,8-9,24H2,1H3. The Bertz CT molecular complexity index is 1040. The highest BCUT2D eigenvalue weighted by molar-refractivity contribution is 6.32. The van der Waals surface area contributed by atoms with Gasteiger partial charge in [-0.25, -0.2) is 0 Å². The zero-order valence-corrected chi connectivity index (χ0v) is 15.6. The van der Waals surface area contributed by atoms with Gasteiger partial charge in [-0.15, -0.1) is 10.2 Å². The predicted octanol–water partition coefficient (Wildman–Crippen LogP) is 4.80. The molecule has 1 aromatic heterocycles. The first-order valence-electron chi connectivity index (χ1n) is 8.52. The Hall–Kier alpha value is -2.74. The normalized spacial score (nSPS) is 15.5. The van der Waals surface area contributed by atoms with Crippen molar-refractivity contribution in [3.05, 3.63) is 58.9 Å². The monoisotopic (exact) mass is 408 g/mol. The van der Waals surface area contributed by atoms with Crippen molar-refractivity contribution in [2.75, 3.05) is 5.73 Å². The summed E-state index contributed by atoms with van der Waals surface area (Å²) in [5, 5.41) is 8.53.